The van der Waals surface area contributed by atoms with Gasteiger partial charge in [-0.2, -0.15) is 0 Å². The number of phenols is 1. The molecular weight excluding hydrogens is 723 g/mol. The fraction of sp³-hybridized carbons (Fsp3) is 0.409. The molecule has 4 heterocycles. The Bertz CT molecular complexity index is 2160. The second-order valence-electron chi connectivity index (χ2n) is 15.1. The standard InChI is InChI=1S/C44H53N7O6/c1-49(23-20-45-29-39(53)35-10-12-38(52)42-36(35)11-13-40(54)48-42)41(55)16-26-56-25-15-32-6-5-7-33(28-32)30-50-21-17-44(18-22-50)31-51(24-27-57-44)43-46-19-14-37(47-43)34-8-3-2-4-9-34/h2-14,19,28,39,45,52-53H,15-18,20-27,29-31H2,1H3,(H,48,54). The quantitative estimate of drug-likeness (QED) is 0.106. The van der Waals surface area contributed by atoms with Gasteiger partial charge in [-0.1, -0.05) is 60.7 Å². The first kappa shape index (κ1) is 40.0. The number of pyridine rings is 1. The number of aliphatic hydroxyl groups excluding tert-OH is 1. The molecule has 2 fully saturated rings. The number of likely N-dealkylation sites (N-methyl/N-ethyl adjacent to an activating group) is 1. The third-order valence-corrected chi connectivity index (χ3v) is 11.1. The van der Waals surface area contributed by atoms with E-state index in [-0.39, 0.29) is 29.4 Å². The summed E-state index contributed by atoms with van der Waals surface area (Å²) in [6.07, 6.45) is 3.99. The Morgan fingerprint density at radius 2 is 1.84 bits per heavy atom. The van der Waals surface area contributed by atoms with E-state index in [1.54, 1.807) is 24.1 Å². The lowest BCUT2D eigenvalue weighted by molar-refractivity contribution is -0.131. The van der Waals surface area contributed by atoms with Gasteiger partial charge in [0, 0.05) is 76.1 Å². The van der Waals surface area contributed by atoms with E-state index in [1.165, 1.54) is 23.3 Å². The number of likely N-dealkylation sites (tertiary alicyclic amines) is 1. The summed E-state index contributed by atoms with van der Waals surface area (Å²) >= 11 is 0. The van der Waals surface area contributed by atoms with Crippen LogP contribution in [0.2, 0.25) is 0 Å². The van der Waals surface area contributed by atoms with Gasteiger partial charge in [-0.25, -0.2) is 9.97 Å². The second kappa shape index (κ2) is 18.8. The number of amides is 1. The maximum absolute atomic E-state index is 12.7. The number of piperidine rings is 1. The number of carbonyl (C=O) groups is 1. The molecule has 2 aromatic heterocycles. The zero-order chi connectivity index (χ0) is 39.6. The van der Waals surface area contributed by atoms with Crippen molar-refractivity contribution in [2.24, 2.45) is 0 Å². The number of ether oxygens (including phenoxy) is 2. The van der Waals surface area contributed by atoms with Gasteiger partial charge >= 0.3 is 0 Å². The van der Waals surface area contributed by atoms with Gasteiger partial charge in [0.1, 0.15) is 5.75 Å². The number of hydrogen-bond donors (Lipinski definition) is 4. The van der Waals surface area contributed by atoms with Crippen LogP contribution in [0.15, 0.2) is 95.9 Å². The summed E-state index contributed by atoms with van der Waals surface area (Å²) in [4.78, 5) is 43.0. The number of H-pyrrole nitrogens is 1. The van der Waals surface area contributed by atoms with Gasteiger partial charge in [0.25, 0.3) is 0 Å². The zero-order valence-corrected chi connectivity index (χ0v) is 32.6. The van der Waals surface area contributed by atoms with Gasteiger partial charge in [0.05, 0.1) is 55.7 Å². The van der Waals surface area contributed by atoms with Gasteiger partial charge in [0.15, 0.2) is 0 Å². The predicted molar refractivity (Wildman–Crippen MR) is 220 cm³/mol. The molecule has 2 saturated heterocycles. The summed E-state index contributed by atoms with van der Waals surface area (Å²) < 4.78 is 12.3. The summed E-state index contributed by atoms with van der Waals surface area (Å²) in [7, 11) is 1.76. The molecule has 4 N–H and O–H groups in total. The first-order valence-electron chi connectivity index (χ1n) is 19.9. The number of aromatic amines is 1. The molecule has 1 spiro atoms. The van der Waals surface area contributed by atoms with Crippen molar-refractivity contribution >= 4 is 22.8 Å². The SMILES string of the molecule is CN(CCNCC(O)c1ccc(O)c2[nH]c(=O)ccc12)C(=O)CCOCCc1cccc(CN2CCC3(CC2)CN(c2nccc(-c4ccccc4)n2)CCO3)c1. The number of hydrogen-bond acceptors (Lipinski definition) is 11. The molecule has 1 amide bonds. The molecular formula is C44H53N7O6. The highest BCUT2D eigenvalue weighted by Crippen LogP contribution is 2.33. The number of rotatable bonds is 16. The molecule has 2 aliphatic rings. The van der Waals surface area contributed by atoms with Gasteiger partial charge in [0.2, 0.25) is 17.4 Å². The summed E-state index contributed by atoms with van der Waals surface area (Å²) in [5.41, 5.74) is 4.90. The molecule has 2 aliphatic heterocycles. The monoisotopic (exact) mass is 775 g/mol. The number of aliphatic hydroxyl groups is 1. The molecule has 7 rings (SSSR count). The molecule has 13 nitrogen and oxygen atoms in total. The lowest BCUT2D eigenvalue weighted by Crippen LogP contribution is -2.57. The lowest BCUT2D eigenvalue weighted by Gasteiger charge is -2.47. The summed E-state index contributed by atoms with van der Waals surface area (Å²) in [5.74, 6) is 0.709. The molecule has 57 heavy (non-hydrogen) atoms. The van der Waals surface area contributed by atoms with Crippen LogP contribution in [0, 0.1) is 0 Å². The van der Waals surface area contributed by atoms with Crippen LogP contribution in [0.5, 0.6) is 5.75 Å². The van der Waals surface area contributed by atoms with Crippen molar-refractivity contribution in [3.05, 3.63) is 118 Å². The number of anilines is 1. The minimum atomic E-state index is -0.860. The third-order valence-electron chi connectivity index (χ3n) is 11.1. The molecule has 300 valence electrons. The van der Waals surface area contributed by atoms with Crippen LogP contribution in [-0.2, 0) is 27.2 Å². The lowest BCUT2D eigenvalue weighted by atomic mass is 9.89. The summed E-state index contributed by atoms with van der Waals surface area (Å²) in [6, 6.07) is 26.9. The highest BCUT2D eigenvalue weighted by atomic mass is 16.5. The van der Waals surface area contributed by atoms with Crippen molar-refractivity contribution in [1.82, 2.24) is 30.1 Å². The Kier molecular flexibility index (Phi) is 13.2. The van der Waals surface area contributed by atoms with E-state index in [0.717, 1.165) is 69.2 Å². The number of nitrogens with zero attached hydrogens (tertiary/aromatic N) is 5. The van der Waals surface area contributed by atoms with Crippen molar-refractivity contribution < 1.29 is 24.5 Å². The van der Waals surface area contributed by atoms with Crippen LogP contribution in [0.25, 0.3) is 22.2 Å². The molecule has 5 aromatic rings. The second-order valence-corrected chi connectivity index (χ2v) is 15.1. The van der Waals surface area contributed by atoms with Gasteiger partial charge < -0.3 is 39.8 Å². The minimum Gasteiger partial charge on any atom is -0.506 e. The maximum atomic E-state index is 12.7. The molecule has 1 atom stereocenters. The number of aromatic hydroxyl groups is 1. The van der Waals surface area contributed by atoms with Crippen molar-refractivity contribution in [1.29, 1.82) is 0 Å². The average molecular weight is 776 g/mol. The first-order chi connectivity index (χ1) is 27.7. The number of carbonyl (C=O) groups excluding carboxylic acids is 1. The third kappa shape index (κ3) is 10.4. The molecule has 0 saturated carbocycles. The fourth-order valence-electron chi connectivity index (χ4n) is 7.76. The summed E-state index contributed by atoms with van der Waals surface area (Å²) in [5, 5.41) is 24.6. The van der Waals surface area contributed by atoms with Crippen LogP contribution in [0.4, 0.5) is 5.95 Å². The topological polar surface area (TPSA) is 156 Å². The van der Waals surface area contributed by atoms with Gasteiger partial charge in [-0.3, -0.25) is 14.5 Å². The van der Waals surface area contributed by atoms with Crippen LogP contribution in [-0.4, -0.2) is 119 Å². The van der Waals surface area contributed by atoms with Crippen LogP contribution < -0.4 is 15.8 Å². The number of aromatic nitrogens is 3. The molecule has 1 unspecified atom stereocenters. The van der Waals surface area contributed by atoms with E-state index in [2.05, 4.69) is 61.5 Å². The van der Waals surface area contributed by atoms with Crippen LogP contribution in [0.1, 0.15) is 42.1 Å². The molecule has 3 aromatic carbocycles. The summed E-state index contributed by atoms with van der Waals surface area (Å²) in [6.45, 7) is 7.19. The van der Waals surface area contributed by atoms with E-state index in [0.29, 0.717) is 55.8 Å². The number of fused-ring (bicyclic) bond motifs is 1. The van der Waals surface area contributed by atoms with Gasteiger partial charge in [-0.05, 0) is 54.2 Å². The zero-order valence-electron chi connectivity index (χ0n) is 32.6. The molecule has 0 bridgehead atoms. The van der Waals surface area contributed by atoms with Crippen molar-refractivity contribution in [3.8, 4) is 17.0 Å². The highest BCUT2D eigenvalue weighted by Gasteiger charge is 2.40. The average Bonchev–Trinajstić information content (AvgIpc) is 3.24. The van der Waals surface area contributed by atoms with E-state index < -0.39 is 6.10 Å². The predicted octanol–water partition coefficient (Wildman–Crippen LogP) is 4.29. The Labute approximate surface area is 333 Å². The fourth-order valence-corrected chi connectivity index (χ4v) is 7.76. The van der Waals surface area contributed by atoms with E-state index in [1.807, 2.05) is 30.5 Å². The number of benzene rings is 3. The van der Waals surface area contributed by atoms with Crippen molar-refractivity contribution in [2.45, 2.75) is 43.9 Å². The van der Waals surface area contributed by atoms with Crippen LogP contribution in [0.3, 0.4) is 0 Å². The van der Waals surface area contributed by atoms with Crippen LogP contribution >= 0.6 is 0 Å². The first-order valence-corrected chi connectivity index (χ1v) is 19.9. The molecule has 0 radical (unpaired) electrons. The van der Waals surface area contributed by atoms with Crippen molar-refractivity contribution in [2.75, 3.05) is 77.6 Å². The van der Waals surface area contributed by atoms with Crippen molar-refractivity contribution in [3.63, 3.8) is 0 Å². The molecule has 13 heteroatoms. The number of nitrogens with one attached hydrogen (secondary N) is 2. The number of phenolic OH excluding ortho intramolecular Hbond substituents is 1. The Morgan fingerprint density at radius 3 is 2.68 bits per heavy atom. The normalized spacial score (nSPS) is 16.2. The maximum Gasteiger partial charge on any atom is 0.248 e. The smallest absolute Gasteiger partial charge is 0.248 e. The van der Waals surface area contributed by atoms with E-state index >= 15 is 0 Å². The Morgan fingerprint density at radius 1 is 1.02 bits per heavy atom. The number of morpholine rings is 1. The van der Waals surface area contributed by atoms with Gasteiger partial charge in [-0.15, -0.1) is 0 Å². The Balaban J connectivity index is 0.782. The highest BCUT2D eigenvalue weighted by molar-refractivity contribution is 5.87. The van der Waals surface area contributed by atoms with E-state index in [4.69, 9.17) is 14.5 Å². The Hall–Kier alpha value is -5.18. The minimum absolute atomic E-state index is 0.00642. The van der Waals surface area contributed by atoms with E-state index in [9.17, 15) is 19.8 Å². The largest absolute Gasteiger partial charge is 0.506 e. The molecule has 0 aliphatic carbocycles.